The van der Waals surface area contributed by atoms with E-state index in [2.05, 4.69) is 4.72 Å². The molecule has 0 aliphatic heterocycles. The molecule has 0 spiro atoms. The highest BCUT2D eigenvalue weighted by Gasteiger charge is 2.18. The molecule has 0 radical (unpaired) electrons. The zero-order valence-electron chi connectivity index (χ0n) is 12.2. The number of hydrogen-bond acceptors (Lipinski definition) is 5. The molecule has 0 aliphatic rings. The average Bonchev–Trinajstić information content (AvgIpc) is 2.48. The standard InChI is InChI=1S/C14H12FNO6S2/c1-23(19,20)10-3-5-11(6-4-10)24(21,22)16-9-2-7-13(15)12(8-9)14(17)18/h2-8,16H,1H3,(H,17,18). The maximum Gasteiger partial charge on any atom is 0.338 e. The number of nitrogens with one attached hydrogen (secondary N) is 1. The third-order valence-corrected chi connectivity index (χ3v) is 5.54. The Morgan fingerprint density at radius 1 is 1.00 bits per heavy atom. The molecule has 0 saturated heterocycles. The van der Waals surface area contributed by atoms with Crippen molar-refractivity contribution in [2.45, 2.75) is 9.79 Å². The summed E-state index contributed by atoms with van der Waals surface area (Å²) in [5.74, 6) is -2.53. The van der Waals surface area contributed by atoms with Crippen molar-refractivity contribution in [2.75, 3.05) is 11.0 Å². The Hall–Kier alpha value is -2.46. The van der Waals surface area contributed by atoms with Gasteiger partial charge in [0.05, 0.1) is 15.4 Å². The van der Waals surface area contributed by atoms with Crippen molar-refractivity contribution in [3.63, 3.8) is 0 Å². The van der Waals surface area contributed by atoms with Crippen molar-refractivity contribution in [2.24, 2.45) is 0 Å². The highest BCUT2D eigenvalue weighted by atomic mass is 32.2. The summed E-state index contributed by atoms with van der Waals surface area (Å²) < 4.78 is 62.6. The number of carbonyl (C=O) groups is 1. The number of carboxylic acids is 1. The molecule has 0 aromatic heterocycles. The van der Waals surface area contributed by atoms with Crippen molar-refractivity contribution in [1.29, 1.82) is 0 Å². The number of benzene rings is 2. The van der Waals surface area contributed by atoms with Gasteiger partial charge in [0.2, 0.25) is 0 Å². The van der Waals surface area contributed by atoms with Crippen LogP contribution in [0.3, 0.4) is 0 Å². The molecular formula is C14H12FNO6S2. The molecule has 0 saturated carbocycles. The summed E-state index contributed by atoms with van der Waals surface area (Å²) in [5, 5.41) is 8.84. The minimum atomic E-state index is -4.09. The van der Waals surface area contributed by atoms with E-state index in [1.165, 1.54) is 0 Å². The van der Waals surface area contributed by atoms with E-state index in [9.17, 15) is 26.0 Å². The summed E-state index contributed by atoms with van der Waals surface area (Å²) in [5.41, 5.74) is -0.816. The van der Waals surface area contributed by atoms with E-state index in [0.29, 0.717) is 0 Å². The summed E-state index contributed by atoms with van der Waals surface area (Å²) in [6.45, 7) is 0. The van der Waals surface area contributed by atoms with Crippen LogP contribution in [0.1, 0.15) is 10.4 Å². The third kappa shape index (κ3) is 3.89. The summed E-state index contributed by atoms with van der Waals surface area (Å²) in [6.07, 6.45) is 0.987. The van der Waals surface area contributed by atoms with Gasteiger partial charge in [-0.3, -0.25) is 4.72 Å². The summed E-state index contributed by atoms with van der Waals surface area (Å²) in [4.78, 5) is 10.6. The van der Waals surface area contributed by atoms with Gasteiger partial charge >= 0.3 is 5.97 Å². The van der Waals surface area contributed by atoms with E-state index in [-0.39, 0.29) is 15.5 Å². The van der Waals surface area contributed by atoms with Crippen molar-refractivity contribution in [1.82, 2.24) is 0 Å². The van der Waals surface area contributed by atoms with Crippen molar-refractivity contribution in [3.8, 4) is 0 Å². The zero-order valence-corrected chi connectivity index (χ0v) is 13.9. The van der Waals surface area contributed by atoms with Crippen LogP contribution >= 0.6 is 0 Å². The van der Waals surface area contributed by atoms with E-state index < -0.39 is 37.2 Å². The van der Waals surface area contributed by atoms with Crippen LogP contribution < -0.4 is 4.72 Å². The number of hydrogen-bond donors (Lipinski definition) is 2. The van der Waals surface area contributed by atoms with Gasteiger partial charge in [0.25, 0.3) is 10.0 Å². The number of rotatable bonds is 5. The van der Waals surface area contributed by atoms with Gasteiger partial charge in [-0.1, -0.05) is 0 Å². The average molecular weight is 373 g/mol. The molecule has 0 bridgehead atoms. The van der Waals surface area contributed by atoms with Crippen molar-refractivity contribution < 1.29 is 31.1 Å². The minimum absolute atomic E-state index is 0.0450. The maximum atomic E-state index is 13.3. The molecule has 0 aliphatic carbocycles. The molecule has 128 valence electrons. The lowest BCUT2D eigenvalue weighted by Crippen LogP contribution is -2.14. The molecule has 10 heteroatoms. The SMILES string of the molecule is CS(=O)(=O)c1ccc(S(=O)(=O)Nc2ccc(F)c(C(=O)O)c2)cc1. The van der Waals surface area contributed by atoms with E-state index >= 15 is 0 Å². The van der Waals surface area contributed by atoms with Gasteiger partial charge in [0.15, 0.2) is 9.84 Å². The van der Waals surface area contributed by atoms with Crippen LogP contribution in [0.4, 0.5) is 10.1 Å². The molecule has 2 N–H and O–H groups in total. The first-order valence-corrected chi connectivity index (χ1v) is 9.74. The number of sulfone groups is 1. The maximum absolute atomic E-state index is 13.3. The molecule has 2 aromatic rings. The van der Waals surface area contributed by atoms with Crippen LogP contribution in [0, 0.1) is 5.82 Å². The highest BCUT2D eigenvalue weighted by Crippen LogP contribution is 2.20. The largest absolute Gasteiger partial charge is 0.478 e. The number of halogens is 1. The second-order valence-corrected chi connectivity index (χ2v) is 8.55. The van der Waals surface area contributed by atoms with Crippen LogP contribution in [0.25, 0.3) is 0 Å². The molecule has 24 heavy (non-hydrogen) atoms. The molecule has 0 heterocycles. The lowest BCUT2D eigenvalue weighted by atomic mass is 10.2. The van der Waals surface area contributed by atoms with Gasteiger partial charge in [-0.2, -0.15) is 0 Å². The Kier molecular flexibility index (Phi) is 4.63. The molecule has 0 amide bonds. The second-order valence-electron chi connectivity index (χ2n) is 4.85. The number of aromatic carboxylic acids is 1. The van der Waals surface area contributed by atoms with Gasteiger partial charge < -0.3 is 5.11 Å². The van der Waals surface area contributed by atoms with Gasteiger partial charge in [-0.25, -0.2) is 26.0 Å². The monoisotopic (exact) mass is 373 g/mol. The van der Waals surface area contributed by atoms with Gasteiger partial charge in [0, 0.05) is 11.9 Å². The van der Waals surface area contributed by atoms with E-state index in [1.54, 1.807) is 0 Å². The van der Waals surface area contributed by atoms with E-state index in [1.807, 2.05) is 0 Å². The molecular weight excluding hydrogens is 361 g/mol. The van der Waals surface area contributed by atoms with Crippen LogP contribution in [0.5, 0.6) is 0 Å². The van der Waals surface area contributed by atoms with Crippen LogP contribution in [0.15, 0.2) is 52.3 Å². The van der Waals surface area contributed by atoms with Crippen LogP contribution in [-0.4, -0.2) is 34.2 Å². The Bertz CT molecular complexity index is 998. The lowest BCUT2D eigenvalue weighted by molar-refractivity contribution is 0.0692. The number of anilines is 1. The first kappa shape index (κ1) is 17.9. The Balaban J connectivity index is 2.35. The Morgan fingerprint density at radius 3 is 2.04 bits per heavy atom. The first-order valence-electron chi connectivity index (χ1n) is 6.36. The molecule has 0 atom stereocenters. The molecule has 2 rings (SSSR count). The summed E-state index contributed by atoms with van der Waals surface area (Å²) in [7, 11) is -7.56. The van der Waals surface area contributed by atoms with Gasteiger partial charge in [-0.15, -0.1) is 0 Å². The fourth-order valence-corrected chi connectivity index (χ4v) is 3.51. The van der Waals surface area contributed by atoms with Crippen molar-refractivity contribution >= 4 is 31.5 Å². The first-order chi connectivity index (χ1) is 11.0. The highest BCUT2D eigenvalue weighted by molar-refractivity contribution is 7.92. The van der Waals surface area contributed by atoms with Gasteiger partial charge in [0.1, 0.15) is 5.82 Å². The Labute approximate surface area is 137 Å². The third-order valence-electron chi connectivity index (χ3n) is 3.01. The van der Waals surface area contributed by atoms with Crippen molar-refractivity contribution in [3.05, 3.63) is 53.8 Å². The summed E-state index contributed by atoms with van der Waals surface area (Å²) >= 11 is 0. The smallest absolute Gasteiger partial charge is 0.338 e. The quantitative estimate of drug-likeness (QED) is 0.824. The zero-order chi connectivity index (χ0) is 18.1. The van der Waals surface area contributed by atoms with Crippen LogP contribution in [-0.2, 0) is 19.9 Å². The Morgan fingerprint density at radius 2 is 1.54 bits per heavy atom. The minimum Gasteiger partial charge on any atom is -0.478 e. The summed E-state index contributed by atoms with van der Waals surface area (Å²) in [6, 6.07) is 7.22. The predicted molar refractivity (Wildman–Crippen MR) is 83.7 cm³/mol. The van der Waals surface area contributed by atoms with E-state index in [4.69, 9.17) is 5.11 Å². The molecule has 0 fully saturated rings. The van der Waals surface area contributed by atoms with Crippen LogP contribution in [0.2, 0.25) is 0 Å². The molecule has 2 aromatic carbocycles. The fraction of sp³-hybridized carbons (Fsp3) is 0.0714. The second kappa shape index (κ2) is 6.21. The molecule has 0 unspecified atom stereocenters. The fourth-order valence-electron chi connectivity index (χ4n) is 1.83. The predicted octanol–water partition coefficient (Wildman–Crippen LogP) is 1.73. The molecule has 7 nitrogen and oxygen atoms in total. The normalized spacial score (nSPS) is 11.9. The number of carboxylic acid groups (broad SMARTS) is 1. The van der Waals surface area contributed by atoms with Gasteiger partial charge in [-0.05, 0) is 42.5 Å². The number of sulfonamides is 1. The lowest BCUT2D eigenvalue weighted by Gasteiger charge is -2.09. The van der Waals surface area contributed by atoms with E-state index in [0.717, 1.165) is 48.7 Å². The topological polar surface area (TPSA) is 118 Å².